The van der Waals surface area contributed by atoms with Crippen molar-refractivity contribution in [3.05, 3.63) is 48.0 Å². The normalized spacial score (nSPS) is 10.7. The molecule has 1 rings (SSSR count). The number of nitrogens with one attached hydrogen (secondary N) is 1. The number of hydrogen-bond acceptors (Lipinski definition) is 2. The summed E-state index contributed by atoms with van der Waals surface area (Å²) in [7, 11) is 2.11. The van der Waals surface area contributed by atoms with Crippen LogP contribution in [-0.2, 0) is 13.1 Å². The topological polar surface area (TPSA) is 15.3 Å². The molecule has 0 aliphatic carbocycles. The number of nitrogens with zero attached hydrogens (tertiary/aromatic N) is 1. The fourth-order valence-electron chi connectivity index (χ4n) is 1.70. The van der Waals surface area contributed by atoms with Gasteiger partial charge in [0.1, 0.15) is 0 Å². The molecule has 0 spiro atoms. The Kier molecular flexibility index (Phi) is 5.83. The van der Waals surface area contributed by atoms with E-state index in [1.807, 2.05) is 6.08 Å². The van der Waals surface area contributed by atoms with Crippen LogP contribution in [0.15, 0.2) is 36.9 Å². The smallest absolute Gasteiger partial charge is 0.0234 e. The van der Waals surface area contributed by atoms with Gasteiger partial charge in [0, 0.05) is 19.6 Å². The van der Waals surface area contributed by atoms with Gasteiger partial charge in [0.2, 0.25) is 0 Å². The Morgan fingerprint density at radius 1 is 1.38 bits per heavy atom. The van der Waals surface area contributed by atoms with Gasteiger partial charge in [0.05, 0.1) is 0 Å². The highest BCUT2D eigenvalue weighted by Crippen LogP contribution is 2.07. The van der Waals surface area contributed by atoms with E-state index < -0.39 is 0 Å². The van der Waals surface area contributed by atoms with Crippen molar-refractivity contribution in [2.45, 2.75) is 20.0 Å². The van der Waals surface area contributed by atoms with Crippen molar-refractivity contribution >= 4 is 0 Å². The average Bonchev–Trinajstić information content (AvgIpc) is 2.27. The van der Waals surface area contributed by atoms with Gasteiger partial charge in [-0.15, -0.1) is 6.58 Å². The summed E-state index contributed by atoms with van der Waals surface area (Å²) in [5.74, 6) is 0. The number of hydrogen-bond donors (Lipinski definition) is 1. The van der Waals surface area contributed by atoms with Crippen LogP contribution >= 0.6 is 0 Å². The third kappa shape index (κ3) is 4.60. The van der Waals surface area contributed by atoms with E-state index in [1.54, 1.807) is 0 Å². The summed E-state index contributed by atoms with van der Waals surface area (Å²) in [5, 5.41) is 3.34. The summed E-state index contributed by atoms with van der Waals surface area (Å²) in [6, 6.07) is 8.74. The van der Waals surface area contributed by atoms with Crippen LogP contribution in [0.25, 0.3) is 0 Å². The first kappa shape index (κ1) is 12.9. The van der Waals surface area contributed by atoms with Crippen molar-refractivity contribution in [2.75, 3.05) is 20.1 Å². The van der Waals surface area contributed by atoms with Gasteiger partial charge in [-0.3, -0.25) is 4.90 Å². The summed E-state index contributed by atoms with van der Waals surface area (Å²) in [4.78, 5) is 2.25. The zero-order valence-electron chi connectivity index (χ0n) is 10.4. The van der Waals surface area contributed by atoms with Gasteiger partial charge in [-0.05, 0) is 24.7 Å². The largest absolute Gasteiger partial charge is 0.313 e. The average molecular weight is 218 g/mol. The first-order chi connectivity index (χ1) is 7.76. The molecule has 0 aliphatic rings. The van der Waals surface area contributed by atoms with Crippen LogP contribution in [0.3, 0.4) is 0 Å². The van der Waals surface area contributed by atoms with Gasteiger partial charge in [-0.1, -0.05) is 37.3 Å². The molecule has 2 nitrogen and oxygen atoms in total. The van der Waals surface area contributed by atoms with Gasteiger partial charge in [0.25, 0.3) is 0 Å². The molecular weight excluding hydrogens is 196 g/mol. The van der Waals surface area contributed by atoms with Crippen molar-refractivity contribution in [1.29, 1.82) is 0 Å². The van der Waals surface area contributed by atoms with E-state index in [2.05, 4.69) is 55.0 Å². The van der Waals surface area contributed by atoms with Crippen molar-refractivity contribution < 1.29 is 0 Å². The molecule has 0 atom stereocenters. The molecule has 0 aromatic heterocycles. The minimum Gasteiger partial charge on any atom is -0.313 e. The first-order valence-corrected chi connectivity index (χ1v) is 5.84. The van der Waals surface area contributed by atoms with Crippen molar-refractivity contribution in [2.24, 2.45) is 0 Å². The number of benzene rings is 1. The fraction of sp³-hybridized carbons (Fsp3) is 0.429. The van der Waals surface area contributed by atoms with E-state index in [-0.39, 0.29) is 0 Å². The molecule has 0 unspecified atom stereocenters. The quantitative estimate of drug-likeness (QED) is 0.707. The Labute approximate surface area is 99.0 Å². The minimum absolute atomic E-state index is 0.928. The Morgan fingerprint density at radius 3 is 2.81 bits per heavy atom. The van der Waals surface area contributed by atoms with Crippen LogP contribution in [0.4, 0.5) is 0 Å². The molecule has 1 aromatic rings. The monoisotopic (exact) mass is 218 g/mol. The molecule has 88 valence electrons. The van der Waals surface area contributed by atoms with Crippen molar-refractivity contribution in [1.82, 2.24) is 10.2 Å². The lowest BCUT2D eigenvalue weighted by atomic mass is 10.1. The third-order valence-corrected chi connectivity index (χ3v) is 2.46. The molecule has 1 N–H and O–H groups in total. The maximum absolute atomic E-state index is 3.75. The summed E-state index contributed by atoms with van der Waals surface area (Å²) in [6.07, 6.45) is 1.93. The molecule has 0 amide bonds. The second kappa shape index (κ2) is 7.20. The van der Waals surface area contributed by atoms with E-state index in [9.17, 15) is 0 Å². The zero-order valence-corrected chi connectivity index (χ0v) is 10.4. The van der Waals surface area contributed by atoms with Crippen molar-refractivity contribution in [3.63, 3.8) is 0 Å². The molecule has 0 saturated heterocycles. The standard InChI is InChI=1S/C14H22N2/c1-4-9-16(3)12-14-8-6-7-13(10-14)11-15-5-2/h4,6-8,10,15H,1,5,9,11-12H2,2-3H3. The lowest BCUT2D eigenvalue weighted by molar-refractivity contribution is 0.363. The molecule has 0 fully saturated rings. The second-order valence-electron chi connectivity index (χ2n) is 4.09. The molecule has 2 heteroatoms. The third-order valence-electron chi connectivity index (χ3n) is 2.46. The molecule has 0 radical (unpaired) electrons. The molecular formula is C14H22N2. The lowest BCUT2D eigenvalue weighted by Crippen LogP contribution is -2.18. The van der Waals surface area contributed by atoms with Gasteiger partial charge >= 0.3 is 0 Å². The van der Waals surface area contributed by atoms with Crippen LogP contribution in [0.2, 0.25) is 0 Å². The second-order valence-corrected chi connectivity index (χ2v) is 4.09. The van der Waals surface area contributed by atoms with E-state index in [0.717, 1.165) is 26.2 Å². The Balaban J connectivity index is 2.55. The Hall–Kier alpha value is -1.12. The molecule has 0 heterocycles. The highest BCUT2D eigenvalue weighted by Gasteiger charge is 1.99. The predicted octanol–water partition coefficient (Wildman–Crippen LogP) is 2.41. The van der Waals surface area contributed by atoms with Crippen LogP contribution in [0.1, 0.15) is 18.1 Å². The maximum atomic E-state index is 3.75. The molecule has 0 bridgehead atoms. The zero-order chi connectivity index (χ0) is 11.8. The number of rotatable bonds is 7. The Bertz CT molecular complexity index is 320. The summed E-state index contributed by atoms with van der Waals surface area (Å²) in [6.45, 7) is 9.75. The summed E-state index contributed by atoms with van der Waals surface area (Å²) >= 11 is 0. The SMILES string of the molecule is C=CCN(C)Cc1cccc(CNCC)c1. The van der Waals surface area contributed by atoms with Crippen LogP contribution in [-0.4, -0.2) is 25.0 Å². The lowest BCUT2D eigenvalue weighted by Gasteiger charge is -2.14. The van der Waals surface area contributed by atoms with Crippen LogP contribution in [0.5, 0.6) is 0 Å². The summed E-state index contributed by atoms with van der Waals surface area (Å²) in [5.41, 5.74) is 2.71. The van der Waals surface area contributed by atoms with Gasteiger partial charge < -0.3 is 5.32 Å². The Morgan fingerprint density at radius 2 is 2.12 bits per heavy atom. The van der Waals surface area contributed by atoms with Crippen molar-refractivity contribution in [3.8, 4) is 0 Å². The molecule has 0 aliphatic heterocycles. The fourth-order valence-corrected chi connectivity index (χ4v) is 1.70. The van der Waals surface area contributed by atoms with Crippen LogP contribution in [0, 0.1) is 0 Å². The van der Waals surface area contributed by atoms with Crippen LogP contribution < -0.4 is 5.32 Å². The molecule has 0 saturated carbocycles. The molecule has 1 aromatic carbocycles. The van der Waals surface area contributed by atoms with E-state index in [1.165, 1.54) is 11.1 Å². The minimum atomic E-state index is 0.928. The van der Waals surface area contributed by atoms with E-state index in [4.69, 9.17) is 0 Å². The maximum Gasteiger partial charge on any atom is 0.0234 e. The van der Waals surface area contributed by atoms with Gasteiger partial charge in [-0.2, -0.15) is 0 Å². The van der Waals surface area contributed by atoms with Gasteiger partial charge in [0.15, 0.2) is 0 Å². The van der Waals surface area contributed by atoms with Gasteiger partial charge in [-0.25, -0.2) is 0 Å². The van der Waals surface area contributed by atoms with E-state index >= 15 is 0 Å². The summed E-state index contributed by atoms with van der Waals surface area (Å²) < 4.78 is 0. The molecule has 16 heavy (non-hydrogen) atoms. The predicted molar refractivity (Wildman–Crippen MR) is 70.4 cm³/mol. The van der Waals surface area contributed by atoms with E-state index in [0.29, 0.717) is 0 Å². The number of likely N-dealkylation sites (N-methyl/N-ethyl adjacent to an activating group) is 1. The first-order valence-electron chi connectivity index (χ1n) is 5.84. The highest BCUT2D eigenvalue weighted by atomic mass is 15.1. The highest BCUT2D eigenvalue weighted by molar-refractivity contribution is 5.23.